The van der Waals surface area contributed by atoms with Crippen molar-refractivity contribution < 1.29 is 0 Å². The van der Waals surface area contributed by atoms with Gasteiger partial charge in [-0.3, -0.25) is 10.2 Å². The zero-order valence-corrected chi connectivity index (χ0v) is 14.1. The maximum absolute atomic E-state index is 9.89. The second kappa shape index (κ2) is 8.17. The summed E-state index contributed by atoms with van der Waals surface area (Å²) in [7, 11) is 0. The van der Waals surface area contributed by atoms with E-state index in [1.54, 1.807) is 0 Å². The summed E-state index contributed by atoms with van der Waals surface area (Å²) in [6.07, 6.45) is 0. The minimum atomic E-state index is -0.644. The average Bonchev–Trinajstić information content (AvgIpc) is 2.46. The highest BCUT2D eigenvalue weighted by atomic mass is 15.2. The molecule has 21 heavy (non-hydrogen) atoms. The van der Waals surface area contributed by atoms with Gasteiger partial charge in [0, 0.05) is 19.1 Å². The molecule has 3 nitrogen and oxygen atoms in total. The van der Waals surface area contributed by atoms with Gasteiger partial charge in [-0.15, -0.1) is 0 Å². The van der Waals surface area contributed by atoms with Crippen LogP contribution in [0.2, 0.25) is 0 Å². The van der Waals surface area contributed by atoms with Crippen molar-refractivity contribution in [3.05, 3.63) is 35.9 Å². The lowest BCUT2D eigenvalue weighted by Gasteiger charge is -2.37. The van der Waals surface area contributed by atoms with Crippen LogP contribution in [0.1, 0.15) is 40.2 Å². The molecule has 0 saturated carbocycles. The second-order valence-electron chi connectivity index (χ2n) is 6.33. The van der Waals surface area contributed by atoms with Crippen molar-refractivity contribution in [1.82, 2.24) is 10.2 Å². The molecule has 1 aromatic carbocycles. The first-order chi connectivity index (χ1) is 9.95. The van der Waals surface area contributed by atoms with Crippen LogP contribution >= 0.6 is 0 Å². The first kappa shape index (κ1) is 17.7. The summed E-state index contributed by atoms with van der Waals surface area (Å²) in [6.45, 7) is 13.4. The molecule has 0 saturated heterocycles. The number of benzene rings is 1. The molecule has 0 aromatic heterocycles. The van der Waals surface area contributed by atoms with Crippen molar-refractivity contribution in [1.29, 1.82) is 5.26 Å². The van der Waals surface area contributed by atoms with Gasteiger partial charge in [0.05, 0.1) is 6.07 Å². The third kappa shape index (κ3) is 4.84. The highest BCUT2D eigenvalue weighted by molar-refractivity contribution is 5.32. The van der Waals surface area contributed by atoms with E-state index in [2.05, 4.69) is 50.9 Å². The minimum Gasteiger partial charge on any atom is -0.297 e. The average molecular weight is 287 g/mol. The summed E-state index contributed by atoms with van der Waals surface area (Å²) in [5.41, 5.74) is 0.401. The molecular weight excluding hydrogens is 258 g/mol. The van der Waals surface area contributed by atoms with Crippen LogP contribution in [-0.2, 0) is 5.54 Å². The summed E-state index contributed by atoms with van der Waals surface area (Å²) >= 11 is 0. The van der Waals surface area contributed by atoms with E-state index in [1.165, 1.54) is 0 Å². The van der Waals surface area contributed by atoms with E-state index in [9.17, 15) is 5.26 Å². The molecule has 0 spiro atoms. The van der Waals surface area contributed by atoms with Gasteiger partial charge in [0.15, 0.2) is 0 Å². The molecule has 0 radical (unpaired) electrons. The first-order valence-electron chi connectivity index (χ1n) is 7.91. The van der Waals surface area contributed by atoms with Crippen molar-refractivity contribution >= 4 is 0 Å². The van der Waals surface area contributed by atoms with Gasteiger partial charge >= 0.3 is 0 Å². The van der Waals surface area contributed by atoms with Crippen LogP contribution in [0.5, 0.6) is 0 Å². The van der Waals surface area contributed by atoms with Crippen molar-refractivity contribution in [2.75, 3.05) is 19.6 Å². The van der Waals surface area contributed by atoms with Gasteiger partial charge in [-0.1, -0.05) is 51.1 Å². The quantitative estimate of drug-likeness (QED) is 0.796. The van der Waals surface area contributed by atoms with Gasteiger partial charge in [0.1, 0.15) is 5.54 Å². The topological polar surface area (TPSA) is 39.1 Å². The summed E-state index contributed by atoms with van der Waals surface area (Å²) in [5.74, 6) is 0.584. The van der Waals surface area contributed by atoms with Gasteiger partial charge in [0.25, 0.3) is 0 Å². The zero-order chi connectivity index (χ0) is 15.9. The summed E-state index contributed by atoms with van der Waals surface area (Å²) in [6, 6.07) is 13.0. The summed E-state index contributed by atoms with van der Waals surface area (Å²) in [4.78, 5) is 2.39. The standard InChI is InChI=1S/C18H29N3/c1-6-20-18(13-19,17-10-8-7-9-11-17)14-21(16(4)5)12-15(2)3/h7-11,15-16,20H,6,12,14H2,1-5H3. The Morgan fingerprint density at radius 1 is 1.19 bits per heavy atom. The Morgan fingerprint density at radius 3 is 2.24 bits per heavy atom. The highest BCUT2D eigenvalue weighted by Crippen LogP contribution is 2.23. The Bertz CT molecular complexity index is 447. The van der Waals surface area contributed by atoms with Crippen molar-refractivity contribution in [2.24, 2.45) is 5.92 Å². The van der Waals surface area contributed by atoms with Crippen LogP contribution < -0.4 is 5.32 Å². The van der Waals surface area contributed by atoms with E-state index in [1.807, 2.05) is 30.3 Å². The molecule has 0 heterocycles. The third-order valence-corrected chi connectivity index (χ3v) is 3.71. The van der Waals surface area contributed by atoms with Crippen molar-refractivity contribution in [3.8, 4) is 6.07 Å². The van der Waals surface area contributed by atoms with Crippen molar-refractivity contribution in [3.63, 3.8) is 0 Å². The van der Waals surface area contributed by atoms with Crippen LogP contribution in [-0.4, -0.2) is 30.6 Å². The first-order valence-corrected chi connectivity index (χ1v) is 7.91. The number of nitriles is 1. The molecule has 1 rings (SSSR count). The number of hydrogen-bond donors (Lipinski definition) is 1. The molecule has 3 heteroatoms. The molecule has 0 bridgehead atoms. The van der Waals surface area contributed by atoms with Crippen LogP contribution in [0.15, 0.2) is 30.3 Å². The molecule has 0 aliphatic rings. The lowest BCUT2D eigenvalue weighted by atomic mass is 9.89. The van der Waals surface area contributed by atoms with Crippen LogP contribution in [0, 0.1) is 17.2 Å². The van der Waals surface area contributed by atoms with Crippen LogP contribution in [0.3, 0.4) is 0 Å². The Labute approximate surface area is 130 Å². The zero-order valence-electron chi connectivity index (χ0n) is 14.1. The number of nitrogens with one attached hydrogen (secondary N) is 1. The maximum atomic E-state index is 9.89. The van der Waals surface area contributed by atoms with E-state index >= 15 is 0 Å². The van der Waals surface area contributed by atoms with Gasteiger partial charge in [-0.05, 0) is 31.9 Å². The predicted molar refractivity (Wildman–Crippen MR) is 89.0 cm³/mol. The fourth-order valence-electron chi connectivity index (χ4n) is 2.64. The molecule has 0 fully saturated rings. The monoisotopic (exact) mass is 287 g/mol. The van der Waals surface area contributed by atoms with E-state index in [0.29, 0.717) is 18.5 Å². The largest absolute Gasteiger partial charge is 0.297 e. The molecule has 116 valence electrons. The van der Waals surface area contributed by atoms with E-state index in [0.717, 1.165) is 18.7 Å². The predicted octanol–water partition coefficient (Wildman–Crippen LogP) is 3.38. The second-order valence-corrected chi connectivity index (χ2v) is 6.33. The van der Waals surface area contributed by atoms with Gasteiger partial charge in [-0.25, -0.2) is 0 Å². The number of hydrogen-bond acceptors (Lipinski definition) is 3. The number of likely N-dealkylation sites (N-methyl/N-ethyl adjacent to an activating group) is 1. The van der Waals surface area contributed by atoms with E-state index < -0.39 is 5.54 Å². The molecule has 1 unspecified atom stereocenters. The summed E-state index contributed by atoms with van der Waals surface area (Å²) in [5, 5.41) is 13.3. The highest BCUT2D eigenvalue weighted by Gasteiger charge is 2.34. The van der Waals surface area contributed by atoms with Gasteiger partial charge in [0.2, 0.25) is 0 Å². The normalized spacial score (nSPS) is 14.4. The molecule has 0 aliphatic heterocycles. The number of nitrogens with zero attached hydrogens (tertiary/aromatic N) is 2. The third-order valence-electron chi connectivity index (χ3n) is 3.71. The van der Waals surface area contributed by atoms with E-state index in [-0.39, 0.29) is 0 Å². The lowest BCUT2D eigenvalue weighted by molar-refractivity contribution is 0.156. The SMILES string of the molecule is CCNC(C#N)(CN(CC(C)C)C(C)C)c1ccccc1. The number of rotatable bonds is 8. The Balaban J connectivity index is 3.10. The van der Waals surface area contributed by atoms with Crippen LogP contribution in [0.4, 0.5) is 0 Å². The fraction of sp³-hybridized carbons (Fsp3) is 0.611. The minimum absolute atomic E-state index is 0.419. The summed E-state index contributed by atoms with van der Waals surface area (Å²) < 4.78 is 0. The molecule has 1 aromatic rings. The Kier molecular flexibility index (Phi) is 6.87. The molecule has 0 aliphatic carbocycles. The van der Waals surface area contributed by atoms with Gasteiger partial charge in [-0.2, -0.15) is 5.26 Å². The molecular formula is C18H29N3. The van der Waals surface area contributed by atoms with E-state index in [4.69, 9.17) is 0 Å². The maximum Gasteiger partial charge on any atom is 0.145 e. The Morgan fingerprint density at radius 2 is 1.81 bits per heavy atom. The lowest BCUT2D eigenvalue weighted by Crippen LogP contribution is -2.52. The molecule has 1 N–H and O–H groups in total. The smallest absolute Gasteiger partial charge is 0.145 e. The van der Waals surface area contributed by atoms with Gasteiger partial charge < -0.3 is 0 Å². The Hall–Kier alpha value is -1.37. The molecule has 1 atom stereocenters. The van der Waals surface area contributed by atoms with Crippen molar-refractivity contribution in [2.45, 2.75) is 46.2 Å². The fourth-order valence-corrected chi connectivity index (χ4v) is 2.64. The van der Waals surface area contributed by atoms with Crippen LogP contribution in [0.25, 0.3) is 0 Å². The molecule has 0 amide bonds.